The highest BCUT2D eigenvalue weighted by molar-refractivity contribution is 4.91. The van der Waals surface area contributed by atoms with Gasteiger partial charge in [-0.15, -0.1) is 0 Å². The van der Waals surface area contributed by atoms with Gasteiger partial charge in [-0.1, -0.05) is 0 Å². The Morgan fingerprint density at radius 2 is 2.17 bits per heavy atom. The highest BCUT2D eigenvalue weighted by Gasteiger charge is 2.50. The maximum Gasteiger partial charge on any atom is 0.161 e. The van der Waals surface area contributed by atoms with E-state index >= 15 is 0 Å². The van der Waals surface area contributed by atoms with Gasteiger partial charge in [0, 0.05) is 0 Å². The molecule has 1 aliphatic heterocycles. The fourth-order valence-electron chi connectivity index (χ4n) is 0.774. The lowest BCUT2D eigenvalue weighted by Gasteiger charge is -2.16. The SMILES string of the molecule is C1CC2(C1)NO2. The van der Waals surface area contributed by atoms with Crippen LogP contribution in [0.15, 0.2) is 0 Å². The zero-order valence-electron chi connectivity index (χ0n) is 3.53. The van der Waals surface area contributed by atoms with Gasteiger partial charge < -0.3 is 0 Å². The molecule has 2 heteroatoms. The Hall–Kier alpha value is -0.0800. The first-order chi connectivity index (χ1) is 2.91. The lowest BCUT2D eigenvalue weighted by Crippen LogP contribution is -2.24. The second-order valence-electron chi connectivity index (χ2n) is 2.05. The minimum atomic E-state index is 0.222. The molecular weight excluding hydrogens is 78.0 g/mol. The molecule has 0 aromatic carbocycles. The predicted octanol–water partition coefficient (Wildman–Crippen LogP) is 0.401. The van der Waals surface area contributed by atoms with E-state index in [0.29, 0.717) is 0 Å². The van der Waals surface area contributed by atoms with Crippen molar-refractivity contribution in [3.63, 3.8) is 0 Å². The molecule has 2 fully saturated rings. The minimum Gasteiger partial charge on any atom is -0.275 e. The molecule has 0 aromatic heterocycles. The summed E-state index contributed by atoms with van der Waals surface area (Å²) in [5.74, 6) is 0. The van der Waals surface area contributed by atoms with E-state index in [-0.39, 0.29) is 5.72 Å². The zero-order chi connectivity index (χ0) is 4.04. The van der Waals surface area contributed by atoms with Crippen LogP contribution in [-0.2, 0) is 4.84 Å². The standard InChI is InChI=1S/C4H7NO/c1-2-4(3-1)5-6-4/h5H,1-3H2. The van der Waals surface area contributed by atoms with E-state index in [2.05, 4.69) is 5.48 Å². The van der Waals surface area contributed by atoms with Gasteiger partial charge in [-0.2, -0.15) is 5.48 Å². The molecule has 0 bridgehead atoms. The van der Waals surface area contributed by atoms with Gasteiger partial charge in [0.05, 0.1) is 0 Å². The third kappa shape index (κ3) is 0.200. The van der Waals surface area contributed by atoms with Crippen LogP contribution in [0.4, 0.5) is 0 Å². The van der Waals surface area contributed by atoms with E-state index in [1.807, 2.05) is 0 Å². The summed E-state index contributed by atoms with van der Waals surface area (Å²) in [5, 5.41) is 0. The third-order valence-corrected chi connectivity index (χ3v) is 1.55. The van der Waals surface area contributed by atoms with Crippen molar-refractivity contribution in [3.05, 3.63) is 0 Å². The Morgan fingerprint density at radius 3 is 2.17 bits per heavy atom. The Kier molecular flexibility index (Phi) is 0.316. The largest absolute Gasteiger partial charge is 0.275 e. The second-order valence-corrected chi connectivity index (χ2v) is 2.05. The van der Waals surface area contributed by atoms with Gasteiger partial charge in [0.1, 0.15) is 0 Å². The summed E-state index contributed by atoms with van der Waals surface area (Å²) in [4.78, 5) is 4.88. The molecule has 34 valence electrons. The quantitative estimate of drug-likeness (QED) is 0.432. The summed E-state index contributed by atoms with van der Waals surface area (Å²) in [7, 11) is 0. The molecule has 0 radical (unpaired) electrons. The number of rotatable bonds is 0. The summed E-state index contributed by atoms with van der Waals surface area (Å²) in [6.45, 7) is 0. The first-order valence-electron chi connectivity index (χ1n) is 2.37. The Morgan fingerprint density at radius 1 is 1.50 bits per heavy atom. The van der Waals surface area contributed by atoms with Gasteiger partial charge in [-0.05, 0) is 19.3 Å². The first-order valence-corrected chi connectivity index (χ1v) is 2.37. The number of hydroxylamine groups is 1. The molecule has 2 rings (SSSR count). The fourth-order valence-corrected chi connectivity index (χ4v) is 0.774. The normalized spacial score (nSPS) is 36.0. The van der Waals surface area contributed by atoms with Crippen LogP contribution in [0.1, 0.15) is 19.3 Å². The van der Waals surface area contributed by atoms with Crippen LogP contribution in [0.2, 0.25) is 0 Å². The van der Waals surface area contributed by atoms with Crippen LogP contribution in [0.3, 0.4) is 0 Å². The highest BCUT2D eigenvalue weighted by Crippen LogP contribution is 2.40. The minimum absolute atomic E-state index is 0.222. The maximum absolute atomic E-state index is 4.88. The molecule has 2 aliphatic rings. The average Bonchev–Trinajstić information content (AvgIpc) is 2.02. The van der Waals surface area contributed by atoms with Crippen LogP contribution in [-0.4, -0.2) is 5.72 Å². The van der Waals surface area contributed by atoms with Gasteiger partial charge in [-0.3, -0.25) is 4.84 Å². The lowest BCUT2D eigenvalue weighted by atomic mass is 9.92. The van der Waals surface area contributed by atoms with E-state index in [9.17, 15) is 0 Å². The van der Waals surface area contributed by atoms with E-state index in [4.69, 9.17) is 4.84 Å². The van der Waals surface area contributed by atoms with Crippen molar-refractivity contribution in [1.82, 2.24) is 5.48 Å². The van der Waals surface area contributed by atoms with Crippen molar-refractivity contribution < 1.29 is 4.84 Å². The molecule has 0 amide bonds. The van der Waals surface area contributed by atoms with Crippen molar-refractivity contribution in [2.75, 3.05) is 0 Å². The predicted molar refractivity (Wildman–Crippen MR) is 20.8 cm³/mol. The molecule has 0 atom stereocenters. The monoisotopic (exact) mass is 85.1 g/mol. The van der Waals surface area contributed by atoms with Crippen molar-refractivity contribution in [3.8, 4) is 0 Å². The zero-order valence-corrected chi connectivity index (χ0v) is 3.53. The molecule has 0 aromatic rings. The van der Waals surface area contributed by atoms with Crippen molar-refractivity contribution >= 4 is 0 Å². The smallest absolute Gasteiger partial charge is 0.161 e. The molecule has 1 saturated heterocycles. The number of hydrogen-bond acceptors (Lipinski definition) is 2. The summed E-state index contributed by atoms with van der Waals surface area (Å²) in [6.07, 6.45) is 3.80. The number of nitrogens with one attached hydrogen (secondary N) is 1. The van der Waals surface area contributed by atoms with Gasteiger partial charge in [0.2, 0.25) is 0 Å². The van der Waals surface area contributed by atoms with E-state index in [0.717, 1.165) is 0 Å². The molecule has 1 spiro atoms. The van der Waals surface area contributed by atoms with E-state index < -0.39 is 0 Å². The van der Waals surface area contributed by atoms with Crippen LogP contribution in [0.25, 0.3) is 0 Å². The van der Waals surface area contributed by atoms with Crippen LogP contribution in [0.5, 0.6) is 0 Å². The molecule has 1 saturated carbocycles. The molecule has 6 heavy (non-hydrogen) atoms. The van der Waals surface area contributed by atoms with Gasteiger partial charge in [-0.25, -0.2) is 0 Å². The summed E-state index contributed by atoms with van der Waals surface area (Å²) < 4.78 is 0. The Bertz CT molecular complexity index is 71.6. The highest BCUT2D eigenvalue weighted by atomic mass is 16.8. The van der Waals surface area contributed by atoms with Crippen LogP contribution < -0.4 is 5.48 Å². The molecule has 1 aliphatic carbocycles. The van der Waals surface area contributed by atoms with Crippen molar-refractivity contribution in [2.24, 2.45) is 0 Å². The van der Waals surface area contributed by atoms with Gasteiger partial charge in [0.25, 0.3) is 0 Å². The molecule has 1 N–H and O–H groups in total. The van der Waals surface area contributed by atoms with Crippen LogP contribution in [0, 0.1) is 0 Å². The second kappa shape index (κ2) is 0.634. The summed E-state index contributed by atoms with van der Waals surface area (Å²) >= 11 is 0. The van der Waals surface area contributed by atoms with Gasteiger partial charge in [0.15, 0.2) is 5.72 Å². The summed E-state index contributed by atoms with van der Waals surface area (Å²) in [6, 6.07) is 0. The topological polar surface area (TPSA) is 34.5 Å². The Labute approximate surface area is 36.4 Å². The molecular formula is C4H7NO. The lowest BCUT2D eigenvalue weighted by molar-refractivity contribution is 0.198. The number of hydrogen-bond donors (Lipinski definition) is 1. The summed E-state index contributed by atoms with van der Waals surface area (Å²) in [5.41, 5.74) is 3.07. The van der Waals surface area contributed by atoms with Gasteiger partial charge >= 0.3 is 0 Å². The fraction of sp³-hybridized carbons (Fsp3) is 1.00. The maximum atomic E-state index is 4.88. The Balaban J connectivity index is 2.09. The van der Waals surface area contributed by atoms with Crippen molar-refractivity contribution in [2.45, 2.75) is 25.0 Å². The van der Waals surface area contributed by atoms with Crippen molar-refractivity contribution in [1.29, 1.82) is 0 Å². The first kappa shape index (κ1) is 2.99. The molecule has 0 unspecified atom stereocenters. The van der Waals surface area contributed by atoms with Crippen LogP contribution >= 0.6 is 0 Å². The third-order valence-electron chi connectivity index (χ3n) is 1.55. The molecule has 1 heterocycles. The van der Waals surface area contributed by atoms with E-state index in [1.54, 1.807) is 0 Å². The molecule has 2 nitrogen and oxygen atoms in total. The average molecular weight is 85.1 g/mol. The van der Waals surface area contributed by atoms with E-state index in [1.165, 1.54) is 19.3 Å².